The molecule has 0 spiro atoms. The number of hydrogen-bond donors (Lipinski definition) is 0. The van der Waals surface area contributed by atoms with Crippen LogP contribution in [0.2, 0.25) is 0 Å². The van der Waals surface area contributed by atoms with Crippen molar-refractivity contribution in [3.63, 3.8) is 0 Å². The van der Waals surface area contributed by atoms with Crippen molar-refractivity contribution >= 4 is 21.2 Å². The summed E-state index contributed by atoms with van der Waals surface area (Å²) < 4.78 is 26.1. The fourth-order valence-electron chi connectivity index (χ4n) is 3.25. The van der Waals surface area contributed by atoms with Crippen LogP contribution in [0, 0.1) is 0 Å². The molecule has 0 radical (unpaired) electrons. The molecule has 1 fully saturated rings. The minimum Gasteiger partial charge on any atom is -0.228 e. The first-order valence-corrected chi connectivity index (χ1v) is 10.3. The second-order valence-electron chi connectivity index (χ2n) is 6.33. The van der Waals surface area contributed by atoms with Crippen LogP contribution in [0.1, 0.15) is 65.5 Å². The topological polar surface area (TPSA) is 34.1 Å². The predicted octanol–water partition coefficient (Wildman–Crippen LogP) is 5.25. The lowest BCUT2D eigenvalue weighted by molar-refractivity contribution is 0.516. The van der Waals surface area contributed by atoms with Crippen LogP contribution in [-0.4, -0.2) is 8.42 Å². The SMILES string of the molecule is CC(C)c1ccc(C2CCCC(c3cccs3)S2(=O)=O)cc1. The molecule has 2 aromatic rings. The van der Waals surface area contributed by atoms with Crippen molar-refractivity contribution in [2.45, 2.75) is 49.5 Å². The van der Waals surface area contributed by atoms with E-state index in [4.69, 9.17) is 0 Å². The molecule has 3 rings (SSSR count). The van der Waals surface area contributed by atoms with Crippen LogP contribution >= 0.6 is 11.3 Å². The maximum Gasteiger partial charge on any atom is 0.165 e. The highest BCUT2D eigenvalue weighted by Gasteiger charge is 2.39. The standard InChI is InChI=1S/C18H22O2S2/c1-13(2)14-8-10-15(11-9-14)17-6-3-7-18(22(17,19)20)16-5-4-12-21-16/h4-5,8-13,17-18H,3,6-7H2,1-2H3. The van der Waals surface area contributed by atoms with Crippen molar-refractivity contribution in [2.75, 3.05) is 0 Å². The summed E-state index contributed by atoms with van der Waals surface area (Å²) in [4.78, 5) is 0.989. The molecule has 2 heterocycles. The summed E-state index contributed by atoms with van der Waals surface area (Å²) >= 11 is 1.56. The average Bonchev–Trinajstić information content (AvgIpc) is 3.00. The maximum atomic E-state index is 13.0. The van der Waals surface area contributed by atoms with Gasteiger partial charge in [0.25, 0.3) is 0 Å². The van der Waals surface area contributed by atoms with Crippen LogP contribution in [0.4, 0.5) is 0 Å². The Hall–Kier alpha value is -1.13. The van der Waals surface area contributed by atoms with Crippen molar-refractivity contribution < 1.29 is 8.42 Å². The molecule has 2 atom stereocenters. The van der Waals surface area contributed by atoms with E-state index in [0.717, 1.165) is 29.7 Å². The van der Waals surface area contributed by atoms with Gasteiger partial charge >= 0.3 is 0 Å². The lowest BCUT2D eigenvalue weighted by atomic mass is 9.99. The Balaban J connectivity index is 1.93. The number of rotatable bonds is 3. The Labute approximate surface area is 137 Å². The lowest BCUT2D eigenvalue weighted by Gasteiger charge is -2.29. The van der Waals surface area contributed by atoms with E-state index in [-0.39, 0.29) is 10.5 Å². The van der Waals surface area contributed by atoms with Crippen LogP contribution in [0.5, 0.6) is 0 Å². The van der Waals surface area contributed by atoms with Crippen molar-refractivity contribution in [1.82, 2.24) is 0 Å². The summed E-state index contributed by atoms with van der Waals surface area (Å²) in [5.41, 5.74) is 2.21. The van der Waals surface area contributed by atoms with Crippen LogP contribution in [0.15, 0.2) is 41.8 Å². The molecule has 1 aromatic heterocycles. The molecule has 0 N–H and O–H groups in total. The van der Waals surface area contributed by atoms with Crippen LogP contribution < -0.4 is 0 Å². The Morgan fingerprint density at radius 2 is 1.73 bits per heavy atom. The van der Waals surface area contributed by atoms with E-state index in [1.54, 1.807) is 11.3 Å². The summed E-state index contributed by atoms with van der Waals surface area (Å²) in [6.07, 6.45) is 2.47. The Kier molecular flexibility index (Phi) is 4.42. The van der Waals surface area contributed by atoms with E-state index in [1.807, 2.05) is 29.6 Å². The Morgan fingerprint density at radius 3 is 2.32 bits per heavy atom. The zero-order chi connectivity index (χ0) is 15.7. The molecule has 0 aliphatic carbocycles. The van der Waals surface area contributed by atoms with Crippen molar-refractivity contribution in [3.05, 3.63) is 57.8 Å². The van der Waals surface area contributed by atoms with E-state index in [1.165, 1.54) is 5.56 Å². The Bertz CT molecular complexity index is 713. The van der Waals surface area contributed by atoms with Gasteiger partial charge < -0.3 is 0 Å². The predicted molar refractivity (Wildman–Crippen MR) is 93.1 cm³/mol. The normalized spacial score (nSPS) is 24.5. The summed E-state index contributed by atoms with van der Waals surface area (Å²) in [6, 6.07) is 12.1. The van der Waals surface area contributed by atoms with Gasteiger partial charge in [-0.3, -0.25) is 0 Å². The van der Waals surface area contributed by atoms with Gasteiger partial charge in [0, 0.05) is 4.88 Å². The maximum absolute atomic E-state index is 13.0. The zero-order valence-corrected chi connectivity index (χ0v) is 14.7. The highest BCUT2D eigenvalue weighted by Crippen LogP contribution is 2.45. The molecule has 0 saturated carbocycles. The highest BCUT2D eigenvalue weighted by atomic mass is 32.2. The molecular weight excluding hydrogens is 312 g/mol. The van der Waals surface area contributed by atoms with Crippen LogP contribution in [0.3, 0.4) is 0 Å². The zero-order valence-electron chi connectivity index (χ0n) is 13.0. The molecule has 2 nitrogen and oxygen atoms in total. The number of hydrogen-bond acceptors (Lipinski definition) is 3. The molecule has 2 unspecified atom stereocenters. The molecular formula is C18H22O2S2. The van der Waals surface area contributed by atoms with E-state index in [9.17, 15) is 8.42 Å². The summed E-state index contributed by atoms with van der Waals surface area (Å²) in [5.74, 6) is 0.468. The van der Waals surface area contributed by atoms with Gasteiger partial charge in [-0.15, -0.1) is 11.3 Å². The van der Waals surface area contributed by atoms with Gasteiger partial charge in [-0.1, -0.05) is 50.6 Å². The molecule has 0 bridgehead atoms. The third-order valence-electron chi connectivity index (χ3n) is 4.56. The minimum absolute atomic E-state index is 0.323. The molecule has 0 amide bonds. The third kappa shape index (κ3) is 2.86. The summed E-state index contributed by atoms with van der Waals surface area (Å²) in [5, 5.41) is 1.29. The first-order chi connectivity index (χ1) is 10.5. The van der Waals surface area contributed by atoms with Crippen molar-refractivity contribution in [1.29, 1.82) is 0 Å². The van der Waals surface area contributed by atoms with E-state index >= 15 is 0 Å². The van der Waals surface area contributed by atoms with Gasteiger partial charge in [0.05, 0.1) is 10.5 Å². The molecule has 22 heavy (non-hydrogen) atoms. The fourth-order valence-corrected chi connectivity index (χ4v) is 6.88. The number of thiophene rings is 1. The van der Waals surface area contributed by atoms with E-state index in [2.05, 4.69) is 26.0 Å². The fraction of sp³-hybridized carbons (Fsp3) is 0.444. The smallest absolute Gasteiger partial charge is 0.165 e. The van der Waals surface area contributed by atoms with Crippen LogP contribution in [0.25, 0.3) is 0 Å². The largest absolute Gasteiger partial charge is 0.228 e. The summed E-state index contributed by atoms with van der Waals surface area (Å²) in [7, 11) is -3.16. The van der Waals surface area contributed by atoms with Crippen molar-refractivity contribution in [2.24, 2.45) is 0 Å². The number of benzene rings is 1. The van der Waals surface area contributed by atoms with E-state index in [0.29, 0.717) is 5.92 Å². The number of sulfone groups is 1. The van der Waals surface area contributed by atoms with Crippen LogP contribution in [-0.2, 0) is 9.84 Å². The second-order valence-corrected chi connectivity index (χ2v) is 9.63. The van der Waals surface area contributed by atoms with E-state index < -0.39 is 9.84 Å². The minimum atomic E-state index is -3.16. The lowest BCUT2D eigenvalue weighted by Crippen LogP contribution is -2.25. The summed E-state index contributed by atoms with van der Waals surface area (Å²) in [6.45, 7) is 4.30. The van der Waals surface area contributed by atoms with Gasteiger partial charge in [0.1, 0.15) is 0 Å². The highest BCUT2D eigenvalue weighted by molar-refractivity contribution is 7.92. The van der Waals surface area contributed by atoms with Gasteiger partial charge in [0.15, 0.2) is 9.84 Å². The average molecular weight is 335 g/mol. The second kappa shape index (κ2) is 6.17. The molecule has 1 aliphatic rings. The Morgan fingerprint density at radius 1 is 1.05 bits per heavy atom. The van der Waals surface area contributed by atoms with Gasteiger partial charge in [-0.25, -0.2) is 8.42 Å². The first-order valence-electron chi connectivity index (χ1n) is 7.86. The monoisotopic (exact) mass is 334 g/mol. The quantitative estimate of drug-likeness (QED) is 0.768. The molecule has 1 saturated heterocycles. The molecule has 4 heteroatoms. The van der Waals surface area contributed by atoms with Gasteiger partial charge in [-0.2, -0.15) is 0 Å². The first kappa shape index (κ1) is 15.8. The molecule has 118 valence electrons. The molecule has 1 aliphatic heterocycles. The van der Waals surface area contributed by atoms with Gasteiger partial charge in [0.2, 0.25) is 0 Å². The van der Waals surface area contributed by atoms with Gasteiger partial charge in [-0.05, 0) is 41.3 Å². The molecule has 1 aromatic carbocycles. The van der Waals surface area contributed by atoms with Crippen molar-refractivity contribution in [3.8, 4) is 0 Å². The third-order valence-corrected chi connectivity index (χ3v) is 8.28.